The molecule has 6 heteroatoms. The van der Waals surface area contributed by atoms with E-state index >= 15 is 0 Å². The molecule has 0 aliphatic rings. The molecule has 5 nitrogen and oxygen atoms in total. The minimum absolute atomic E-state index is 0.0268. The highest BCUT2D eigenvalue weighted by Gasteiger charge is 2.14. The number of ether oxygens (including phenoxy) is 2. The van der Waals surface area contributed by atoms with Gasteiger partial charge in [0.1, 0.15) is 12.3 Å². The molecule has 0 aliphatic heterocycles. The molecule has 0 saturated heterocycles. The fourth-order valence-electron chi connectivity index (χ4n) is 1.65. The quantitative estimate of drug-likeness (QED) is 0.679. The summed E-state index contributed by atoms with van der Waals surface area (Å²) in [6.45, 7) is 0.125. The van der Waals surface area contributed by atoms with Gasteiger partial charge in [-0.3, -0.25) is 5.32 Å². The highest BCUT2D eigenvalue weighted by atomic mass is 32.1. The molecule has 0 atom stereocenters. The number of alkyl carbamates (subject to hydrolysis) is 1. The molecule has 0 bridgehead atoms. The fraction of sp³-hybridized carbons (Fsp3) is 0.125. The third-order valence-electron chi connectivity index (χ3n) is 2.71. The average Bonchev–Trinajstić information content (AvgIpc) is 3.05. The Hall–Kier alpha value is -2.60. The molecule has 2 rings (SSSR count). The Morgan fingerprint density at radius 1 is 1.23 bits per heavy atom. The van der Waals surface area contributed by atoms with E-state index in [9.17, 15) is 9.59 Å². The summed E-state index contributed by atoms with van der Waals surface area (Å²) in [5, 5.41) is 6.12. The van der Waals surface area contributed by atoms with Crippen molar-refractivity contribution in [2.75, 3.05) is 7.11 Å². The molecule has 1 aromatic heterocycles. The molecule has 2 aromatic rings. The molecular weight excluding hydrogens is 302 g/mol. The van der Waals surface area contributed by atoms with Crippen LogP contribution in [0.1, 0.15) is 11.1 Å². The molecule has 0 aliphatic carbocycles. The first-order valence-corrected chi connectivity index (χ1v) is 7.43. The second-order valence-electron chi connectivity index (χ2n) is 4.29. The SMILES string of the molecule is COC(=O)C(=Cc1ccsc1)NC(=O)OCc1ccccc1. The molecule has 1 heterocycles. The van der Waals surface area contributed by atoms with Crippen LogP contribution >= 0.6 is 11.3 Å². The van der Waals surface area contributed by atoms with Gasteiger partial charge in [-0.05, 0) is 34.0 Å². The maximum atomic E-state index is 11.8. The van der Waals surface area contributed by atoms with Gasteiger partial charge in [-0.2, -0.15) is 11.3 Å². The second-order valence-corrected chi connectivity index (χ2v) is 5.07. The lowest BCUT2D eigenvalue weighted by Gasteiger charge is -2.09. The Morgan fingerprint density at radius 3 is 2.64 bits per heavy atom. The molecule has 0 spiro atoms. The van der Waals surface area contributed by atoms with E-state index in [2.05, 4.69) is 10.1 Å². The van der Waals surface area contributed by atoms with Gasteiger partial charge in [-0.25, -0.2) is 9.59 Å². The second kappa shape index (κ2) is 7.99. The summed E-state index contributed by atoms with van der Waals surface area (Å²) < 4.78 is 9.73. The van der Waals surface area contributed by atoms with Crippen LogP contribution in [0.2, 0.25) is 0 Å². The Bertz CT molecular complexity index is 650. The van der Waals surface area contributed by atoms with Gasteiger partial charge in [0, 0.05) is 0 Å². The van der Waals surface area contributed by atoms with Crippen molar-refractivity contribution in [2.24, 2.45) is 0 Å². The van der Waals surface area contributed by atoms with Gasteiger partial charge in [0.25, 0.3) is 0 Å². The molecular formula is C16H15NO4S. The lowest BCUT2D eigenvalue weighted by Crippen LogP contribution is -2.28. The standard InChI is InChI=1S/C16H15NO4S/c1-20-15(18)14(9-13-7-8-22-11-13)17-16(19)21-10-12-5-3-2-4-6-12/h2-9,11H,10H2,1H3,(H,17,19). The lowest BCUT2D eigenvalue weighted by atomic mass is 10.2. The van der Waals surface area contributed by atoms with Crippen molar-refractivity contribution in [1.82, 2.24) is 5.32 Å². The van der Waals surface area contributed by atoms with Gasteiger partial charge in [0.15, 0.2) is 0 Å². The number of carbonyl (C=O) groups excluding carboxylic acids is 2. The van der Waals surface area contributed by atoms with Crippen molar-refractivity contribution < 1.29 is 19.1 Å². The highest BCUT2D eigenvalue weighted by Crippen LogP contribution is 2.11. The molecule has 22 heavy (non-hydrogen) atoms. The monoisotopic (exact) mass is 317 g/mol. The molecule has 114 valence electrons. The first kappa shape index (κ1) is 15.8. The summed E-state index contributed by atoms with van der Waals surface area (Å²) in [5.74, 6) is -0.636. The van der Waals surface area contributed by atoms with Crippen molar-refractivity contribution in [3.8, 4) is 0 Å². The van der Waals surface area contributed by atoms with E-state index in [0.717, 1.165) is 11.1 Å². The van der Waals surface area contributed by atoms with E-state index in [-0.39, 0.29) is 12.3 Å². The predicted molar refractivity (Wildman–Crippen MR) is 84.1 cm³/mol. The number of thiophene rings is 1. The van der Waals surface area contributed by atoms with Gasteiger partial charge >= 0.3 is 12.1 Å². The molecule has 1 amide bonds. The third-order valence-corrected chi connectivity index (χ3v) is 3.41. The van der Waals surface area contributed by atoms with E-state index in [1.54, 1.807) is 0 Å². The fourth-order valence-corrected chi connectivity index (χ4v) is 2.27. The van der Waals surface area contributed by atoms with Crippen LogP contribution in [0.5, 0.6) is 0 Å². The molecule has 0 saturated carbocycles. The van der Waals surface area contributed by atoms with Gasteiger partial charge in [0.2, 0.25) is 0 Å². The summed E-state index contributed by atoms with van der Waals surface area (Å²) in [7, 11) is 1.25. The Balaban J connectivity index is 1.98. The zero-order valence-electron chi connectivity index (χ0n) is 11.9. The number of esters is 1. The average molecular weight is 317 g/mol. The largest absolute Gasteiger partial charge is 0.464 e. The number of carbonyl (C=O) groups is 2. The third kappa shape index (κ3) is 4.75. The van der Waals surface area contributed by atoms with Crippen molar-refractivity contribution >= 4 is 29.5 Å². The van der Waals surface area contributed by atoms with E-state index in [4.69, 9.17) is 4.74 Å². The number of rotatable bonds is 5. The summed E-state index contributed by atoms with van der Waals surface area (Å²) in [6.07, 6.45) is 0.822. The summed E-state index contributed by atoms with van der Waals surface area (Å²) in [4.78, 5) is 23.5. The normalized spacial score (nSPS) is 10.9. The number of hydrogen-bond acceptors (Lipinski definition) is 5. The van der Waals surface area contributed by atoms with E-state index in [1.165, 1.54) is 24.5 Å². The predicted octanol–water partition coefficient (Wildman–Crippen LogP) is 3.19. The number of hydrogen-bond donors (Lipinski definition) is 1. The van der Waals surface area contributed by atoms with Crippen LogP contribution in [0.4, 0.5) is 4.79 Å². The van der Waals surface area contributed by atoms with Crippen molar-refractivity contribution in [3.63, 3.8) is 0 Å². The van der Waals surface area contributed by atoms with E-state index in [1.807, 2.05) is 47.2 Å². The van der Waals surface area contributed by atoms with Gasteiger partial charge in [-0.15, -0.1) is 0 Å². The number of methoxy groups -OCH3 is 1. The summed E-state index contributed by atoms with van der Waals surface area (Å²) in [5.41, 5.74) is 1.69. The van der Waals surface area contributed by atoms with Crippen LogP contribution in [0.3, 0.4) is 0 Å². The molecule has 1 N–H and O–H groups in total. The molecule has 1 aromatic carbocycles. The Labute approximate surface area is 132 Å². The van der Waals surface area contributed by atoms with Gasteiger partial charge < -0.3 is 9.47 Å². The lowest BCUT2D eigenvalue weighted by molar-refractivity contribution is -0.136. The Kier molecular flexibility index (Phi) is 5.73. The molecule has 0 fully saturated rings. The zero-order chi connectivity index (χ0) is 15.8. The minimum atomic E-state index is -0.712. The van der Waals surface area contributed by atoms with E-state index < -0.39 is 12.1 Å². The van der Waals surface area contributed by atoms with Gasteiger partial charge in [-0.1, -0.05) is 30.3 Å². The number of benzene rings is 1. The molecule has 0 unspecified atom stereocenters. The smallest absolute Gasteiger partial charge is 0.412 e. The highest BCUT2D eigenvalue weighted by molar-refractivity contribution is 7.08. The van der Waals surface area contributed by atoms with E-state index in [0.29, 0.717) is 0 Å². The van der Waals surface area contributed by atoms with Crippen LogP contribution in [0.15, 0.2) is 52.9 Å². The maximum absolute atomic E-state index is 11.8. The van der Waals surface area contributed by atoms with Crippen molar-refractivity contribution in [3.05, 3.63) is 64.0 Å². The first-order chi connectivity index (χ1) is 10.7. The van der Waals surface area contributed by atoms with Crippen LogP contribution in [0.25, 0.3) is 6.08 Å². The number of nitrogens with one attached hydrogen (secondary N) is 1. The van der Waals surface area contributed by atoms with Crippen molar-refractivity contribution in [2.45, 2.75) is 6.61 Å². The summed E-state index contributed by atoms with van der Waals surface area (Å²) >= 11 is 1.49. The number of amides is 1. The van der Waals surface area contributed by atoms with Crippen LogP contribution < -0.4 is 5.32 Å². The van der Waals surface area contributed by atoms with Crippen LogP contribution in [-0.4, -0.2) is 19.2 Å². The topological polar surface area (TPSA) is 64.6 Å². The maximum Gasteiger partial charge on any atom is 0.412 e. The molecule has 0 radical (unpaired) electrons. The van der Waals surface area contributed by atoms with Crippen LogP contribution in [0, 0.1) is 0 Å². The van der Waals surface area contributed by atoms with Gasteiger partial charge in [0.05, 0.1) is 7.11 Å². The van der Waals surface area contributed by atoms with Crippen molar-refractivity contribution in [1.29, 1.82) is 0 Å². The minimum Gasteiger partial charge on any atom is -0.464 e. The first-order valence-electron chi connectivity index (χ1n) is 6.49. The zero-order valence-corrected chi connectivity index (χ0v) is 12.8. The summed E-state index contributed by atoms with van der Waals surface area (Å²) in [6, 6.07) is 11.1. The van der Waals surface area contributed by atoms with Crippen LogP contribution in [-0.2, 0) is 20.9 Å². The Morgan fingerprint density at radius 2 is 2.00 bits per heavy atom.